The van der Waals surface area contributed by atoms with Gasteiger partial charge in [0.1, 0.15) is 0 Å². The van der Waals surface area contributed by atoms with Gasteiger partial charge in [0.15, 0.2) is 0 Å². The third-order valence-electron chi connectivity index (χ3n) is 1.44. The molecule has 0 aliphatic carbocycles. The van der Waals surface area contributed by atoms with Crippen LogP contribution in [0, 0.1) is 5.92 Å². The van der Waals surface area contributed by atoms with E-state index in [1.165, 1.54) is 27.0 Å². The molecule has 0 rings (SSSR count). The van der Waals surface area contributed by atoms with Crippen LogP contribution >= 0.6 is 0 Å². The second-order valence-corrected chi connectivity index (χ2v) is 3.92. The molecule has 2 nitrogen and oxygen atoms in total. The Bertz CT molecular complexity index is 87.1. The van der Waals surface area contributed by atoms with Crippen molar-refractivity contribution in [3.8, 4) is 0 Å². The predicted molar refractivity (Wildman–Crippen MR) is 39.8 cm³/mol. The summed E-state index contributed by atoms with van der Waals surface area (Å²) in [4.78, 5) is 10.1. The maximum absolute atomic E-state index is 10.1. The molecule has 0 fully saturated rings. The molecule has 2 atom stereocenters. The SMILES string of the molecule is C[C@@H](C[CH2][SnH])[C@H](N)C=O. The average Bonchev–Trinajstić information content (AvgIpc) is 1.87. The summed E-state index contributed by atoms with van der Waals surface area (Å²) in [5.41, 5.74) is 5.45. The Balaban J connectivity index is 3.44. The summed E-state index contributed by atoms with van der Waals surface area (Å²) < 4.78 is 1.23. The zero-order chi connectivity index (χ0) is 7.28. The normalized spacial score (nSPS) is 16.8. The summed E-state index contributed by atoms with van der Waals surface area (Å²) in [6, 6.07) is -0.239. The van der Waals surface area contributed by atoms with Gasteiger partial charge in [-0.05, 0) is 0 Å². The van der Waals surface area contributed by atoms with Crippen LogP contribution in [0.1, 0.15) is 13.3 Å². The number of nitrogens with two attached hydrogens (primary N) is 1. The second-order valence-electron chi connectivity index (χ2n) is 2.27. The van der Waals surface area contributed by atoms with Gasteiger partial charge in [-0.1, -0.05) is 0 Å². The Hall–Kier alpha value is 0.429. The number of hydrogen-bond donors (Lipinski definition) is 1. The standard InChI is InChI=1S/C6H12NO.Sn.H/c1-3-5(2)6(7)4-8;;/h4-6H,1,3,7H2,2H3;;/t5-,6+;;/m0../s1. The molecule has 0 aromatic carbocycles. The van der Waals surface area contributed by atoms with Crippen molar-refractivity contribution in [3.63, 3.8) is 0 Å². The van der Waals surface area contributed by atoms with Crippen LogP contribution < -0.4 is 5.73 Å². The van der Waals surface area contributed by atoms with Gasteiger partial charge < -0.3 is 0 Å². The molecule has 0 saturated carbocycles. The van der Waals surface area contributed by atoms with E-state index in [0.29, 0.717) is 5.92 Å². The minimum absolute atomic E-state index is 0.239. The molecule has 0 aliphatic rings. The molecule has 0 aromatic rings. The van der Waals surface area contributed by atoms with Gasteiger partial charge in [0.2, 0.25) is 0 Å². The molecular weight excluding hydrogens is 221 g/mol. The van der Waals surface area contributed by atoms with E-state index in [0.717, 1.165) is 12.7 Å². The Kier molecular flexibility index (Phi) is 5.48. The monoisotopic (exact) mass is 235 g/mol. The van der Waals surface area contributed by atoms with E-state index in [2.05, 4.69) is 0 Å². The van der Waals surface area contributed by atoms with Crippen molar-refractivity contribution < 1.29 is 4.79 Å². The third kappa shape index (κ3) is 3.92. The van der Waals surface area contributed by atoms with Crippen molar-refractivity contribution >= 4 is 28.8 Å². The van der Waals surface area contributed by atoms with Crippen molar-refractivity contribution in [1.29, 1.82) is 0 Å². The molecule has 0 bridgehead atoms. The summed E-state index contributed by atoms with van der Waals surface area (Å²) in [7, 11) is 0. The molecule has 2 N–H and O–H groups in total. The fourth-order valence-corrected chi connectivity index (χ4v) is 2.09. The van der Waals surface area contributed by atoms with Gasteiger partial charge in [0, 0.05) is 0 Å². The molecular formula is C6H13NOSn. The average molecular weight is 234 g/mol. The Morgan fingerprint density at radius 2 is 2.33 bits per heavy atom. The van der Waals surface area contributed by atoms with Crippen LogP contribution in [0.25, 0.3) is 0 Å². The molecule has 3 heteroatoms. The van der Waals surface area contributed by atoms with Gasteiger partial charge in [-0.2, -0.15) is 0 Å². The van der Waals surface area contributed by atoms with E-state index in [4.69, 9.17) is 5.73 Å². The summed E-state index contributed by atoms with van der Waals surface area (Å²) in [6.07, 6.45) is 1.93. The molecule has 0 saturated heterocycles. The van der Waals surface area contributed by atoms with Gasteiger partial charge in [0.25, 0.3) is 0 Å². The predicted octanol–water partition coefficient (Wildman–Crippen LogP) is -0.142. The van der Waals surface area contributed by atoms with Crippen molar-refractivity contribution in [3.05, 3.63) is 0 Å². The fraction of sp³-hybridized carbons (Fsp3) is 0.833. The molecule has 0 spiro atoms. The van der Waals surface area contributed by atoms with Crippen molar-refractivity contribution in [2.45, 2.75) is 23.8 Å². The zero-order valence-electron chi connectivity index (χ0n) is 5.71. The number of aldehydes is 1. The molecule has 0 aliphatic heterocycles. The first kappa shape index (κ1) is 9.43. The fourth-order valence-electron chi connectivity index (χ4n) is 0.589. The van der Waals surface area contributed by atoms with Crippen LogP contribution in [-0.4, -0.2) is 34.9 Å². The Morgan fingerprint density at radius 3 is 2.67 bits per heavy atom. The van der Waals surface area contributed by atoms with Crippen molar-refractivity contribution in [2.24, 2.45) is 11.7 Å². The number of hydrogen-bond acceptors (Lipinski definition) is 2. The summed E-state index contributed by atoms with van der Waals surface area (Å²) in [5.74, 6) is 0.373. The molecule has 0 heterocycles. The molecule has 2 radical (unpaired) electrons. The van der Waals surface area contributed by atoms with E-state index in [-0.39, 0.29) is 6.04 Å². The first-order valence-electron chi connectivity index (χ1n) is 3.13. The first-order chi connectivity index (χ1) is 4.22. The van der Waals surface area contributed by atoms with E-state index in [9.17, 15) is 4.79 Å². The van der Waals surface area contributed by atoms with Crippen LogP contribution in [0.5, 0.6) is 0 Å². The molecule has 0 aromatic heterocycles. The van der Waals surface area contributed by atoms with Crippen molar-refractivity contribution in [2.75, 3.05) is 0 Å². The van der Waals surface area contributed by atoms with Crippen molar-refractivity contribution in [1.82, 2.24) is 0 Å². The second kappa shape index (κ2) is 5.23. The van der Waals surface area contributed by atoms with Gasteiger partial charge in [-0.15, -0.1) is 0 Å². The molecule has 0 unspecified atom stereocenters. The van der Waals surface area contributed by atoms with Crippen LogP contribution in [0.2, 0.25) is 4.44 Å². The zero-order valence-corrected chi connectivity index (χ0v) is 9.00. The Morgan fingerprint density at radius 1 is 1.78 bits per heavy atom. The third-order valence-corrected chi connectivity index (χ3v) is 2.39. The summed E-state index contributed by atoms with van der Waals surface area (Å²) in [6.45, 7) is 2.02. The topological polar surface area (TPSA) is 43.1 Å². The molecule has 0 amide bonds. The van der Waals surface area contributed by atoms with Gasteiger partial charge >= 0.3 is 69.1 Å². The van der Waals surface area contributed by atoms with Crippen LogP contribution in [-0.2, 0) is 4.79 Å². The first-order valence-corrected chi connectivity index (χ1v) is 5.46. The number of carbonyl (C=O) groups is 1. The van der Waals surface area contributed by atoms with E-state index >= 15 is 0 Å². The number of rotatable bonds is 4. The van der Waals surface area contributed by atoms with Crippen LogP contribution in [0.15, 0.2) is 0 Å². The molecule has 9 heavy (non-hydrogen) atoms. The Labute approximate surface area is 69.3 Å². The van der Waals surface area contributed by atoms with E-state index in [1.807, 2.05) is 6.92 Å². The van der Waals surface area contributed by atoms with Gasteiger partial charge in [0.05, 0.1) is 0 Å². The summed E-state index contributed by atoms with van der Waals surface area (Å²) >= 11 is 1.27. The van der Waals surface area contributed by atoms with E-state index in [1.54, 1.807) is 0 Å². The maximum atomic E-state index is 10.1. The summed E-state index contributed by atoms with van der Waals surface area (Å²) in [5, 5.41) is 0. The quantitative estimate of drug-likeness (QED) is 0.543. The van der Waals surface area contributed by atoms with Gasteiger partial charge in [-0.25, -0.2) is 0 Å². The van der Waals surface area contributed by atoms with Crippen LogP contribution in [0.3, 0.4) is 0 Å². The minimum atomic E-state index is -0.239. The molecule has 52 valence electrons. The number of carbonyl (C=O) groups excluding carboxylic acids is 1. The van der Waals surface area contributed by atoms with E-state index < -0.39 is 0 Å². The van der Waals surface area contributed by atoms with Gasteiger partial charge in [-0.3, -0.25) is 0 Å². The van der Waals surface area contributed by atoms with Crippen LogP contribution in [0.4, 0.5) is 0 Å².